The Morgan fingerprint density at radius 3 is 2.20 bits per heavy atom. The number of aromatic nitrogens is 1. The van der Waals surface area contributed by atoms with Crippen molar-refractivity contribution < 1.29 is 14.4 Å². The highest BCUT2D eigenvalue weighted by Crippen LogP contribution is 2.26. The maximum Gasteiger partial charge on any atom is 0.328 e. The lowest BCUT2D eigenvalue weighted by Crippen LogP contribution is -2.51. The van der Waals surface area contributed by atoms with E-state index in [9.17, 15) is 14.4 Å². The second-order valence-corrected chi connectivity index (χ2v) is 7.12. The number of benzene rings is 3. The van der Waals surface area contributed by atoms with E-state index in [2.05, 4.69) is 45.5 Å². The van der Waals surface area contributed by atoms with Crippen LogP contribution in [0.5, 0.6) is 0 Å². The zero-order chi connectivity index (χ0) is 20.7. The fourth-order valence-electron chi connectivity index (χ4n) is 3.94. The zero-order valence-corrected chi connectivity index (χ0v) is 15.9. The van der Waals surface area contributed by atoms with Crippen molar-refractivity contribution in [3.05, 3.63) is 89.3 Å². The molecule has 6 nitrogen and oxygen atoms in total. The Bertz CT molecular complexity index is 1390. The number of urea groups is 1. The highest BCUT2D eigenvalue weighted by atomic mass is 16.2. The monoisotopic (exact) mass is 395 g/mol. The number of carbonyl (C=O) groups is 3. The average molecular weight is 395 g/mol. The molecule has 0 aliphatic carbocycles. The van der Waals surface area contributed by atoms with Gasteiger partial charge < -0.3 is 4.57 Å². The standard InChI is InChI=1S/C24H17N3O3/c28-22-18(23(29)26-24(30)25-22)12-13-19-17-10-4-8-16-9-5-11-20(21(16)17)27(19)14-15-6-2-1-3-7-15/h1-13H,14H2,(H2,25,26,28,29,30)/b19-13+. The predicted octanol–water partition coefficient (Wildman–Crippen LogP) is 2.63. The lowest BCUT2D eigenvalue weighted by Gasteiger charge is -2.13. The molecule has 4 amide bonds. The minimum absolute atomic E-state index is 0.107. The third kappa shape index (κ3) is 2.95. The molecule has 30 heavy (non-hydrogen) atoms. The first-order valence-corrected chi connectivity index (χ1v) is 9.54. The van der Waals surface area contributed by atoms with Gasteiger partial charge in [-0.2, -0.15) is 0 Å². The maximum absolute atomic E-state index is 12.1. The minimum Gasteiger partial charge on any atom is -0.336 e. The molecule has 6 heteroatoms. The molecule has 5 rings (SSSR count). The molecule has 0 unspecified atom stereocenters. The van der Waals surface area contributed by atoms with Crippen molar-refractivity contribution >= 4 is 45.6 Å². The van der Waals surface area contributed by atoms with E-state index in [4.69, 9.17) is 0 Å². The molecule has 0 radical (unpaired) electrons. The van der Waals surface area contributed by atoms with Crippen LogP contribution in [-0.4, -0.2) is 22.4 Å². The Morgan fingerprint density at radius 2 is 1.47 bits per heavy atom. The summed E-state index contributed by atoms with van der Waals surface area (Å²) in [4.78, 5) is 35.5. The number of rotatable bonds is 3. The number of allylic oxidation sites excluding steroid dienone is 1. The first-order valence-electron chi connectivity index (χ1n) is 9.54. The van der Waals surface area contributed by atoms with E-state index in [0.717, 1.165) is 32.6 Å². The van der Waals surface area contributed by atoms with Gasteiger partial charge in [-0.3, -0.25) is 20.2 Å². The van der Waals surface area contributed by atoms with Gasteiger partial charge >= 0.3 is 6.03 Å². The molecule has 1 aliphatic rings. The van der Waals surface area contributed by atoms with Crippen LogP contribution in [0.4, 0.5) is 4.79 Å². The third-order valence-electron chi connectivity index (χ3n) is 5.28. The number of hydrogen-bond acceptors (Lipinski definition) is 3. The SMILES string of the molecule is O=C1NC(=O)C(=C/C=c2\c3cccc4cccc(c43)n2Cc2ccccc2)C(=O)N1. The Labute approximate surface area is 171 Å². The molecular weight excluding hydrogens is 378 g/mol. The number of nitrogens with one attached hydrogen (secondary N) is 2. The van der Waals surface area contributed by atoms with Crippen LogP contribution in [0.1, 0.15) is 5.56 Å². The quantitative estimate of drug-likeness (QED) is 0.413. The van der Waals surface area contributed by atoms with Crippen LogP contribution in [0.3, 0.4) is 0 Å². The van der Waals surface area contributed by atoms with Crippen LogP contribution in [0.25, 0.3) is 27.8 Å². The summed E-state index contributed by atoms with van der Waals surface area (Å²) in [7, 11) is 0. The van der Waals surface area contributed by atoms with Gasteiger partial charge in [-0.05, 0) is 29.2 Å². The van der Waals surface area contributed by atoms with Gasteiger partial charge in [0.25, 0.3) is 11.8 Å². The van der Waals surface area contributed by atoms with Gasteiger partial charge in [0.15, 0.2) is 0 Å². The molecule has 2 N–H and O–H groups in total. The van der Waals surface area contributed by atoms with Crippen molar-refractivity contribution in [2.75, 3.05) is 0 Å². The van der Waals surface area contributed by atoms with Gasteiger partial charge in [0.05, 0.1) is 5.52 Å². The molecule has 2 heterocycles. The summed E-state index contributed by atoms with van der Waals surface area (Å²) in [5, 5.41) is 8.38. The molecule has 4 aromatic rings. The van der Waals surface area contributed by atoms with Crippen molar-refractivity contribution in [3.8, 4) is 0 Å². The number of carbonyl (C=O) groups excluding carboxylic acids is 3. The summed E-state index contributed by atoms with van der Waals surface area (Å²) < 4.78 is 2.17. The number of nitrogens with zero attached hydrogens (tertiary/aromatic N) is 1. The molecule has 1 aromatic heterocycles. The maximum atomic E-state index is 12.1. The summed E-state index contributed by atoms with van der Waals surface area (Å²) >= 11 is 0. The Balaban J connectivity index is 1.75. The van der Waals surface area contributed by atoms with E-state index >= 15 is 0 Å². The predicted molar refractivity (Wildman–Crippen MR) is 114 cm³/mol. The lowest BCUT2D eigenvalue weighted by molar-refractivity contribution is -0.124. The van der Waals surface area contributed by atoms with Crippen molar-refractivity contribution in [1.29, 1.82) is 0 Å². The smallest absolute Gasteiger partial charge is 0.328 e. The largest absolute Gasteiger partial charge is 0.336 e. The van der Waals surface area contributed by atoms with E-state index in [1.165, 1.54) is 6.08 Å². The zero-order valence-electron chi connectivity index (χ0n) is 15.9. The summed E-state index contributed by atoms with van der Waals surface area (Å²) in [5.41, 5.74) is 2.11. The molecule has 0 atom stereocenters. The number of amides is 4. The molecular formula is C24H17N3O3. The number of hydrogen-bond donors (Lipinski definition) is 2. The average Bonchev–Trinajstić information content (AvgIpc) is 3.03. The highest BCUT2D eigenvalue weighted by Gasteiger charge is 2.27. The van der Waals surface area contributed by atoms with E-state index in [-0.39, 0.29) is 5.57 Å². The van der Waals surface area contributed by atoms with Crippen molar-refractivity contribution in [2.24, 2.45) is 0 Å². The summed E-state index contributed by atoms with van der Waals surface area (Å²) in [6.45, 7) is 0.639. The second kappa shape index (κ2) is 7.00. The normalized spacial score (nSPS) is 15.0. The van der Waals surface area contributed by atoms with Crippen LogP contribution < -0.4 is 16.0 Å². The minimum atomic E-state index is -0.807. The first kappa shape index (κ1) is 17.9. The van der Waals surface area contributed by atoms with Crippen LogP contribution in [0.15, 0.2) is 78.4 Å². The van der Waals surface area contributed by atoms with Crippen LogP contribution in [-0.2, 0) is 16.1 Å². The molecule has 1 fully saturated rings. The highest BCUT2D eigenvalue weighted by molar-refractivity contribution is 6.29. The summed E-state index contributed by atoms with van der Waals surface area (Å²) in [5.74, 6) is -1.41. The van der Waals surface area contributed by atoms with Gasteiger partial charge in [0.1, 0.15) is 5.57 Å². The third-order valence-corrected chi connectivity index (χ3v) is 5.28. The fraction of sp³-hybridized carbons (Fsp3) is 0.0417. The molecule has 3 aromatic carbocycles. The van der Waals surface area contributed by atoms with Crippen LogP contribution in [0, 0.1) is 0 Å². The van der Waals surface area contributed by atoms with Crippen molar-refractivity contribution in [3.63, 3.8) is 0 Å². The Morgan fingerprint density at radius 1 is 0.767 bits per heavy atom. The lowest BCUT2D eigenvalue weighted by atomic mass is 10.1. The summed E-state index contributed by atoms with van der Waals surface area (Å²) in [6.07, 6.45) is 3.23. The molecule has 1 saturated heterocycles. The second-order valence-electron chi connectivity index (χ2n) is 7.12. The molecule has 0 spiro atoms. The Hall–Kier alpha value is -4.19. The van der Waals surface area contributed by atoms with Gasteiger partial charge in [-0.1, -0.05) is 60.7 Å². The van der Waals surface area contributed by atoms with E-state index < -0.39 is 17.8 Å². The first-order chi connectivity index (χ1) is 14.6. The van der Waals surface area contributed by atoms with Crippen molar-refractivity contribution in [1.82, 2.24) is 15.2 Å². The van der Waals surface area contributed by atoms with E-state index in [1.807, 2.05) is 36.4 Å². The van der Waals surface area contributed by atoms with Gasteiger partial charge in [-0.15, -0.1) is 0 Å². The molecule has 0 bridgehead atoms. The number of barbiturate groups is 1. The van der Waals surface area contributed by atoms with Crippen molar-refractivity contribution in [2.45, 2.75) is 6.54 Å². The van der Waals surface area contributed by atoms with Crippen LogP contribution in [0.2, 0.25) is 0 Å². The number of imide groups is 2. The molecule has 146 valence electrons. The molecule has 0 saturated carbocycles. The van der Waals surface area contributed by atoms with Gasteiger partial charge in [-0.25, -0.2) is 4.79 Å². The van der Waals surface area contributed by atoms with Gasteiger partial charge in [0, 0.05) is 22.7 Å². The van der Waals surface area contributed by atoms with Gasteiger partial charge in [0.2, 0.25) is 0 Å². The fourth-order valence-corrected chi connectivity index (χ4v) is 3.94. The topological polar surface area (TPSA) is 80.2 Å². The molecule has 1 aliphatic heterocycles. The van der Waals surface area contributed by atoms with E-state index in [1.54, 1.807) is 6.08 Å². The Kier molecular flexibility index (Phi) is 4.17. The van der Waals surface area contributed by atoms with E-state index in [0.29, 0.717) is 6.54 Å². The summed E-state index contributed by atoms with van der Waals surface area (Å²) in [6, 6.07) is 21.5. The van der Waals surface area contributed by atoms with Crippen LogP contribution >= 0.6 is 0 Å².